The highest BCUT2D eigenvalue weighted by Gasteiger charge is 2.29. The third kappa shape index (κ3) is 3.35. The first-order valence-electron chi connectivity index (χ1n) is 10.6. The average Bonchev–Trinajstić information content (AvgIpc) is 3.44. The topological polar surface area (TPSA) is 122 Å². The van der Waals surface area contributed by atoms with Crippen molar-refractivity contribution in [1.29, 1.82) is 0 Å². The minimum atomic E-state index is -2.29. The summed E-state index contributed by atoms with van der Waals surface area (Å²) >= 11 is -2.29. The molecule has 6 rings (SSSR count). The van der Waals surface area contributed by atoms with Crippen LogP contribution in [0.2, 0.25) is 0 Å². The number of rotatable bonds is 5. The standard InChI is InChI=1S/C22H21N7O2S/c1-29-27-22(26-28-29)18-7-5-14(10-23-18)25-17-6-4-13-8-20(32(30)31)15-9-19(12-2-3-12)24-11-16(15)21(13)17/h5,7-12,17,25H,2-4,6H2,1H3,(H,30,31)/p-1. The molecule has 0 saturated heterocycles. The minimum Gasteiger partial charge on any atom is -0.768 e. The summed E-state index contributed by atoms with van der Waals surface area (Å²) in [5.74, 6) is 0.940. The van der Waals surface area contributed by atoms with Crippen molar-refractivity contribution in [2.45, 2.75) is 42.5 Å². The van der Waals surface area contributed by atoms with Crippen LogP contribution >= 0.6 is 0 Å². The van der Waals surface area contributed by atoms with E-state index in [2.05, 4.69) is 30.7 Å². The van der Waals surface area contributed by atoms with Crippen molar-refractivity contribution >= 4 is 27.5 Å². The third-order valence-corrected chi connectivity index (χ3v) is 6.90. The number of hydrogen-bond donors (Lipinski definition) is 1. The second-order valence-corrected chi connectivity index (χ2v) is 9.29. The molecular weight excluding hydrogens is 426 g/mol. The van der Waals surface area contributed by atoms with Crippen molar-refractivity contribution in [3.05, 3.63) is 53.5 Å². The van der Waals surface area contributed by atoms with Gasteiger partial charge in [-0.2, -0.15) is 4.80 Å². The molecule has 4 aromatic rings. The number of aryl methyl sites for hydroxylation is 2. The molecule has 9 nitrogen and oxygen atoms in total. The summed E-state index contributed by atoms with van der Waals surface area (Å²) in [6.07, 6.45) is 7.55. The number of fused-ring (bicyclic) bond motifs is 3. The summed E-state index contributed by atoms with van der Waals surface area (Å²) in [4.78, 5) is 10.9. The zero-order valence-electron chi connectivity index (χ0n) is 17.4. The highest BCUT2D eigenvalue weighted by molar-refractivity contribution is 7.79. The first-order valence-corrected chi connectivity index (χ1v) is 11.7. The summed E-state index contributed by atoms with van der Waals surface area (Å²) in [5.41, 5.74) is 4.71. The summed E-state index contributed by atoms with van der Waals surface area (Å²) in [7, 11) is 1.71. The van der Waals surface area contributed by atoms with Crippen molar-refractivity contribution in [2.75, 3.05) is 5.32 Å². The van der Waals surface area contributed by atoms with Gasteiger partial charge in [0.25, 0.3) is 0 Å². The van der Waals surface area contributed by atoms with Gasteiger partial charge < -0.3 is 9.87 Å². The van der Waals surface area contributed by atoms with E-state index in [9.17, 15) is 8.76 Å². The van der Waals surface area contributed by atoms with E-state index in [-0.39, 0.29) is 6.04 Å². The predicted octanol–water partition coefficient (Wildman–Crippen LogP) is 3.04. The maximum Gasteiger partial charge on any atom is 0.223 e. The summed E-state index contributed by atoms with van der Waals surface area (Å²) in [5, 5.41) is 17.3. The predicted molar refractivity (Wildman–Crippen MR) is 118 cm³/mol. The van der Waals surface area contributed by atoms with Crippen molar-refractivity contribution < 1.29 is 8.76 Å². The van der Waals surface area contributed by atoms with Crippen molar-refractivity contribution in [1.82, 2.24) is 30.2 Å². The first-order chi connectivity index (χ1) is 15.6. The van der Waals surface area contributed by atoms with E-state index in [0.29, 0.717) is 22.3 Å². The molecule has 2 unspecified atom stereocenters. The molecule has 3 heterocycles. The normalized spacial score (nSPS) is 18.6. The minimum absolute atomic E-state index is 0.0532. The van der Waals surface area contributed by atoms with Gasteiger partial charge in [0.05, 0.1) is 25.0 Å². The lowest BCUT2D eigenvalue weighted by molar-refractivity contribution is 0.538. The van der Waals surface area contributed by atoms with Crippen LogP contribution in [0.1, 0.15) is 48.0 Å². The Labute approximate surface area is 186 Å². The van der Waals surface area contributed by atoms with Crippen LogP contribution in [0.3, 0.4) is 0 Å². The number of pyridine rings is 2. The first kappa shape index (κ1) is 19.4. The lowest BCUT2D eigenvalue weighted by atomic mass is 9.99. The molecule has 10 heteroatoms. The van der Waals surface area contributed by atoms with E-state index in [0.717, 1.165) is 59.0 Å². The number of benzene rings is 1. The van der Waals surface area contributed by atoms with E-state index in [1.807, 2.05) is 30.5 Å². The van der Waals surface area contributed by atoms with Crippen LogP contribution < -0.4 is 5.32 Å². The molecule has 2 aliphatic carbocycles. The molecule has 1 saturated carbocycles. The second-order valence-electron chi connectivity index (χ2n) is 8.38. The molecular formula is C22H20N7O2S-. The molecule has 1 aromatic carbocycles. The van der Waals surface area contributed by atoms with Gasteiger partial charge in [-0.3, -0.25) is 14.2 Å². The summed E-state index contributed by atoms with van der Waals surface area (Å²) < 4.78 is 23.9. The highest BCUT2D eigenvalue weighted by Crippen LogP contribution is 2.44. The van der Waals surface area contributed by atoms with Gasteiger partial charge in [-0.05, 0) is 77.4 Å². The molecule has 0 spiro atoms. The Morgan fingerprint density at radius 3 is 2.69 bits per heavy atom. The number of aromatic nitrogens is 6. The monoisotopic (exact) mass is 446 g/mol. The molecule has 1 fully saturated rings. The molecule has 0 aliphatic heterocycles. The molecule has 3 aromatic heterocycles. The SMILES string of the molecule is Cn1nnc(-c2ccc(NC3CCc4cc(S(=O)[O-])c5cc(C6CC6)ncc5c43)cn2)n1. The maximum absolute atomic E-state index is 12.0. The molecule has 32 heavy (non-hydrogen) atoms. The number of nitrogens with zero attached hydrogens (tertiary/aromatic N) is 6. The molecule has 2 atom stereocenters. The van der Waals surface area contributed by atoms with Gasteiger partial charge >= 0.3 is 0 Å². The van der Waals surface area contributed by atoms with Crippen LogP contribution in [0.4, 0.5) is 5.69 Å². The molecule has 2 aliphatic rings. The Kier molecular flexibility index (Phi) is 4.51. The summed E-state index contributed by atoms with van der Waals surface area (Å²) in [6.45, 7) is 0. The lowest BCUT2D eigenvalue weighted by Crippen LogP contribution is -2.09. The molecule has 0 radical (unpaired) electrons. The van der Waals surface area contributed by atoms with E-state index in [4.69, 9.17) is 0 Å². The quantitative estimate of drug-likeness (QED) is 0.464. The van der Waals surface area contributed by atoms with E-state index < -0.39 is 11.1 Å². The number of nitrogens with one attached hydrogen (secondary N) is 1. The van der Waals surface area contributed by atoms with Gasteiger partial charge in [0.1, 0.15) is 5.69 Å². The van der Waals surface area contributed by atoms with Crippen LogP contribution in [0.25, 0.3) is 22.3 Å². The molecule has 1 N–H and O–H groups in total. The van der Waals surface area contributed by atoms with Gasteiger partial charge in [0, 0.05) is 33.5 Å². The van der Waals surface area contributed by atoms with Gasteiger partial charge in [-0.25, -0.2) is 0 Å². The van der Waals surface area contributed by atoms with Crippen LogP contribution in [0, 0.1) is 0 Å². The largest absolute Gasteiger partial charge is 0.768 e. The zero-order chi connectivity index (χ0) is 21.8. The van der Waals surface area contributed by atoms with Gasteiger partial charge in [-0.1, -0.05) is 0 Å². The molecule has 0 amide bonds. The van der Waals surface area contributed by atoms with Crippen molar-refractivity contribution in [3.8, 4) is 11.5 Å². The zero-order valence-corrected chi connectivity index (χ0v) is 18.2. The fourth-order valence-electron chi connectivity index (χ4n) is 4.52. The Balaban J connectivity index is 1.35. The van der Waals surface area contributed by atoms with Crippen LogP contribution in [0.15, 0.2) is 41.6 Å². The number of hydrogen-bond acceptors (Lipinski definition) is 8. The van der Waals surface area contributed by atoms with E-state index in [1.165, 1.54) is 4.80 Å². The Hall–Kier alpha value is -3.24. The Bertz CT molecular complexity index is 1360. The van der Waals surface area contributed by atoms with Gasteiger partial charge in [-0.15, -0.1) is 10.2 Å². The molecule has 162 valence electrons. The van der Waals surface area contributed by atoms with Crippen molar-refractivity contribution in [2.24, 2.45) is 7.05 Å². The van der Waals surface area contributed by atoms with Crippen LogP contribution in [-0.4, -0.2) is 38.9 Å². The summed E-state index contributed by atoms with van der Waals surface area (Å²) in [6, 6.07) is 7.67. The average molecular weight is 447 g/mol. The smallest absolute Gasteiger partial charge is 0.223 e. The third-order valence-electron chi connectivity index (χ3n) is 6.20. The van der Waals surface area contributed by atoms with E-state index in [1.54, 1.807) is 13.2 Å². The number of tetrazole rings is 1. The number of anilines is 1. The van der Waals surface area contributed by atoms with Gasteiger partial charge in [0.15, 0.2) is 0 Å². The highest BCUT2D eigenvalue weighted by atomic mass is 32.2. The Morgan fingerprint density at radius 2 is 2.00 bits per heavy atom. The van der Waals surface area contributed by atoms with Crippen LogP contribution in [-0.2, 0) is 24.5 Å². The fourth-order valence-corrected chi connectivity index (χ4v) is 5.11. The fraction of sp³-hybridized carbons (Fsp3) is 0.318. The van der Waals surface area contributed by atoms with Gasteiger partial charge in [0.2, 0.25) is 5.82 Å². The Morgan fingerprint density at radius 1 is 1.12 bits per heavy atom. The molecule has 0 bridgehead atoms. The van der Waals surface area contributed by atoms with Crippen molar-refractivity contribution in [3.63, 3.8) is 0 Å². The second kappa shape index (κ2) is 7.42. The maximum atomic E-state index is 12.0. The van der Waals surface area contributed by atoms with Crippen LogP contribution in [0.5, 0.6) is 0 Å². The lowest BCUT2D eigenvalue weighted by Gasteiger charge is -2.20. The van der Waals surface area contributed by atoms with E-state index >= 15 is 0 Å².